The smallest absolute Gasteiger partial charge is 0.321 e. The number of hydrogen-bond acceptors (Lipinski definition) is 6. The largest absolute Gasteiger partial charge is 0.349 e. The van der Waals surface area contributed by atoms with Crippen molar-refractivity contribution < 1.29 is 14.4 Å². The van der Waals surface area contributed by atoms with Crippen molar-refractivity contribution in [3.05, 3.63) is 11.9 Å². The Morgan fingerprint density at radius 2 is 2.05 bits per heavy atom. The summed E-state index contributed by atoms with van der Waals surface area (Å²) in [5.41, 5.74) is 5.63. The van der Waals surface area contributed by atoms with Gasteiger partial charge in [0.05, 0.1) is 19.3 Å². The molecule has 0 unspecified atom stereocenters. The molecule has 0 bridgehead atoms. The Bertz CT molecular complexity index is 512. The lowest BCUT2D eigenvalue weighted by Gasteiger charge is -2.08. The maximum atomic E-state index is 11.6. The van der Waals surface area contributed by atoms with Crippen molar-refractivity contribution in [3.63, 3.8) is 0 Å². The Kier molecular flexibility index (Phi) is 6.27. The molecule has 5 N–H and O–H groups in total. The number of aromatic nitrogens is 3. The monoisotopic (exact) mass is 297 g/mol. The molecule has 10 heteroatoms. The van der Waals surface area contributed by atoms with E-state index < -0.39 is 11.9 Å². The highest BCUT2D eigenvalue weighted by atomic mass is 16.2. The molecule has 0 atom stereocenters. The number of rotatable bonds is 6. The van der Waals surface area contributed by atoms with E-state index in [0.29, 0.717) is 5.69 Å². The second-order valence-corrected chi connectivity index (χ2v) is 4.56. The van der Waals surface area contributed by atoms with E-state index in [2.05, 4.69) is 26.3 Å². The molecule has 1 aromatic rings. The van der Waals surface area contributed by atoms with Gasteiger partial charge in [0.2, 0.25) is 11.8 Å². The third kappa shape index (κ3) is 6.47. The predicted octanol–water partition coefficient (Wildman–Crippen LogP) is -1.91. The maximum Gasteiger partial charge on any atom is 0.321 e. The minimum atomic E-state index is -0.564. The van der Waals surface area contributed by atoms with E-state index in [9.17, 15) is 14.4 Å². The molecule has 10 nitrogen and oxygen atoms in total. The molecule has 0 aliphatic heterocycles. The molecule has 0 saturated heterocycles. The normalized spacial score (nSPS) is 10.3. The van der Waals surface area contributed by atoms with Gasteiger partial charge in [-0.15, -0.1) is 5.10 Å². The third-order valence-electron chi connectivity index (χ3n) is 2.22. The highest BCUT2D eigenvalue weighted by Crippen LogP contribution is 1.92. The number of carbonyl (C=O) groups excluding carboxylic acids is 3. The van der Waals surface area contributed by atoms with Crippen LogP contribution in [0.5, 0.6) is 0 Å². The fourth-order valence-corrected chi connectivity index (χ4v) is 1.37. The lowest BCUT2D eigenvalue weighted by Crippen LogP contribution is -2.43. The molecular formula is C11H19N7O3. The lowest BCUT2D eigenvalue weighted by atomic mass is 10.4. The van der Waals surface area contributed by atoms with Crippen LogP contribution in [0.15, 0.2) is 6.20 Å². The fraction of sp³-hybridized carbons (Fsp3) is 0.545. The van der Waals surface area contributed by atoms with Gasteiger partial charge in [-0.05, 0) is 13.8 Å². The first-order valence-electron chi connectivity index (χ1n) is 6.36. The summed E-state index contributed by atoms with van der Waals surface area (Å²) in [6.07, 6.45) is 1.50. The SMILES string of the molecule is CC(C)NC(=O)NC(=O)Cn1cc(CNC(=O)CN)nn1. The Morgan fingerprint density at radius 3 is 2.67 bits per heavy atom. The van der Waals surface area contributed by atoms with E-state index in [1.165, 1.54) is 10.9 Å². The molecule has 0 aliphatic rings. The van der Waals surface area contributed by atoms with Gasteiger partial charge in [0, 0.05) is 6.04 Å². The molecule has 0 radical (unpaired) electrons. The lowest BCUT2D eigenvalue weighted by molar-refractivity contribution is -0.121. The zero-order chi connectivity index (χ0) is 15.8. The first kappa shape index (κ1) is 16.6. The van der Waals surface area contributed by atoms with Gasteiger partial charge in [0.15, 0.2) is 0 Å². The minimum absolute atomic E-state index is 0.0677. The zero-order valence-corrected chi connectivity index (χ0v) is 11.9. The summed E-state index contributed by atoms with van der Waals surface area (Å²) in [5.74, 6) is -0.830. The van der Waals surface area contributed by atoms with E-state index in [1.807, 2.05) is 0 Å². The molecule has 116 valence electrons. The van der Waals surface area contributed by atoms with E-state index in [0.717, 1.165) is 0 Å². The van der Waals surface area contributed by atoms with Gasteiger partial charge in [-0.2, -0.15) is 0 Å². The van der Waals surface area contributed by atoms with Crippen molar-refractivity contribution in [2.45, 2.75) is 33.0 Å². The molecule has 1 aromatic heterocycles. The summed E-state index contributed by atoms with van der Waals surface area (Å²) in [6.45, 7) is 3.48. The molecule has 1 heterocycles. The molecule has 0 spiro atoms. The van der Waals surface area contributed by atoms with Crippen LogP contribution in [-0.4, -0.2) is 45.4 Å². The second kappa shape index (κ2) is 7.94. The number of nitrogens with two attached hydrogens (primary N) is 1. The van der Waals surface area contributed by atoms with Crippen molar-refractivity contribution in [1.82, 2.24) is 30.9 Å². The second-order valence-electron chi connectivity index (χ2n) is 4.56. The third-order valence-corrected chi connectivity index (χ3v) is 2.22. The average Bonchev–Trinajstić information content (AvgIpc) is 2.82. The number of nitrogens with one attached hydrogen (secondary N) is 3. The first-order chi connectivity index (χ1) is 9.90. The molecule has 0 aliphatic carbocycles. The molecule has 1 rings (SSSR count). The van der Waals surface area contributed by atoms with Crippen molar-refractivity contribution >= 4 is 17.8 Å². The van der Waals surface area contributed by atoms with E-state index in [4.69, 9.17) is 5.73 Å². The Labute approximate surface area is 121 Å². The number of hydrogen-bond donors (Lipinski definition) is 4. The minimum Gasteiger partial charge on any atom is -0.349 e. The van der Waals surface area contributed by atoms with Crippen molar-refractivity contribution in [2.75, 3.05) is 6.54 Å². The van der Waals surface area contributed by atoms with Gasteiger partial charge < -0.3 is 16.4 Å². The number of urea groups is 1. The maximum absolute atomic E-state index is 11.6. The molecule has 21 heavy (non-hydrogen) atoms. The van der Waals surface area contributed by atoms with E-state index >= 15 is 0 Å². The first-order valence-corrected chi connectivity index (χ1v) is 6.36. The molecule has 0 fully saturated rings. The number of imide groups is 1. The van der Waals surface area contributed by atoms with Crippen LogP contribution in [0.4, 0.5) is 4.79 Å². The highest BCUT2D eigenvalue weighted by Gasteiger charge is 2.10. The van der Waals surface area contributed by atoms with Gasteiger partial charge in [-0.3, -0.25) is 14.9 Å². The van der Waals surface area contributed by atoms with Crippen molar-refractivity contribution in [1.29, 1.82) is 0 Å². The number of carbonyl (C=O) groups is 3. The molecule has 4 amide bonds. The van der Waals surface area contributed by atoms with Gasteiger partial charge in [-0.25, -0.2) is 9.48 Å². The summed E-state index contributed by atoms with van der Waals surface area (Å²) >= 11 is 0. The van der Waals surface area contributed by atoms with Crippen LogP contribution >= 0.6 is 0 Å². The van der Waals surface area contributed by atoms with Crippen LogP contribution in [0.25, 0.3) is 0 Å². The van der Waals surface area contributed by atoms with Gasteiger partial charge in [-0.1, -0.05) is 5.21 Å². The van der Waals surface area contributed by atoms with Crippen LogP contribution in [0.2, 0.25) is 0 Å². The topological polar surface area (TPSA) is 144 Å². The Hall–Kier alpha value is -2.49. The molecule has 0 aromatic carbocycles. The summed E-state index contributed by atoms with van der Waals surface area (Å²) in [6, 6.07) is -0.632. The Morgan fingerprint density at radius 1 is 1.33 bits per heavy atom. The average molecular weight is 297 g/mol. The van der Waals surface area contributed by atoms with Crippen LogP contribution in [0.1, 0.15) is 19.5 Å². The number of amides is 4. The van der Waals surface area contributed by atoms with Gasteiger partial charge in [0.1, 0.15) is 12.2 Å². The molecule has 0 saturated carbocycles. The van der Waals surface area contributed by atoms with E-state index in [1.54, 1.807) is 13.8 Å². The van der Waals surface area contributed by atoms with E-state index in [-0.39, 0.29) is 31.6 Å². The summed E-state index contributed by atoms with van der Waals surface area (Å²) in [7, 11) is 0. The number of nitrogens with zero attached hydrogens (tertiary/aromatic N) is 3. The van der Waals surface area contributed by atoms with Crippen LogP contribution in [-0.2, 0) is 22.7 Å². The predicted molar refractivity (Wildman–Crippen MR) is 72.7 cm³/mol. The van der Waals surface area contributed by atoms with Gasteiger partial charge in [0.25, 0.3) is 0 Å². The summed E-state index contributed by atoms with van der Waals surface area (Å²) < 4.78 is 1.27. The van der Waals surface area contributed by atoms with Crippen LogP contribution in [0.3, 0.4) is 0 Å². The van der Waals surface area contributed by atoms with Gasteiger partial charge >= 0.3 is 6.03 Å². The quantitative estimate of drug-likeness (QED) is 0.482. The standard InChI is InChI=1S/C11H19N7O3/c1-7(2)14-11(21)15-10(20)6-18-5-8(16-17-18)4-13-9(19)3-12/h5,7H,3-4,6,12H2,1-2H3,(H,13,19)(H2,14,15,20,21). The van der Waals surface area contributed by atoms with Crippen molar-refractivity contribution in [3.8, 4) is 0 Å². The Balaban J connectivity index is 2.41. The fourth-order valence-electron chi connectivity index (χ4n) is 1.37. The van der Waals surface area contributed by atoms with Crippen LogP contribution < -0.4 is 21.7 Å². The van der Waals surface area contributed by atoms with Crippen molar-refractivity contribution in [2.24, 2.45) is 5.73 Å². The summed E-state index contributed by atoms with van der Waals surface area (Å²) in [4.78, 5) is 33.9. The van der Waals surface area contributed by atoms with Crippen LogP contribution in [0, 0.1) is 0 Å². The highest BCUT2D eigenvalue weighted by molar-refractivity contribution is 5.94. The zero-order valence-electron chi connectivity index (χ0n) is 11.9. The molecular weight excluding hydrogens is 278 g/mol. The summed E-state index contributed by atoms with van der Waals surface area (Å²) in [5, 5.41) is 14.7.